The van der Waals surface area contributed by atoms with Crippen LogP contribution in [0.2, 0.25) is 0 Å². The van der Waals surface area contributed by atoms with E-state index in [4.69, 9.17) is 0 Å². The first-order chi connectivity index (χ1) is 19.3. The summed E-state index contributed by atoms with van der Waals surface area (Å²) in [6, 6.07) is 11.2. The third-order valence-electron chi connectivity index (χ3n) is 7.32. The van der Waals surface area contributed by atoms with Crippen molar-refractivity contribution in [2.45, 2.75) is 29.9 Å². The van der Waals surface area contributed by atoms with E-state index in [-0.39, 0.29) is 78.1 Å². The summed E-state index contributed by atoms with van der Waals surface area (Å²) in [5, 5.41) is 34.7. The van der Waals surface area contributed by atoms with Gasteiger partial charge < -0.3 is 30.3 Å². The number of carbonyl (C=O) groups excluding carboxylic acids is 1. The first-order valence-corrected chi connectivity index (χ1v) is 16.6. The number of aliphatic hydroxyl groups is 1. The Kier molecular flexibility index (Phi) is 12.1. The molecule has 4 rings (SSSR count). The Balaban J connectivity index is 0.00000484. The zero-order valence-electron chi connectivity index (χ0n) is 23.8. The number of hydrogen-bond acceptors (Lipinski definition) is 11. The number of hydrogen-bond donors (Lipinski definition) is 4. The van der Waals surface area contributed by atoms with E-state index < -0.39 is 32.1 Å². The number of aliphatic hydroxyl groups excluding tert-OH is 1. The number of sulfonamides is 2. The zero-order valence-corrected chi connectivity index (χ0v) is 27.4. The zero-order chi connectivity index (χ0) is 29.8. The van der Waals surface area contributed by atoms with E-state index in [0.29, 0.717) is 18.7 Å². The van der Waals surface area contributed by atoms with Gasteiger partial charge in [0, 0.05) is 64.1 Å². The minimum atomic E-state index is -3.68. The fourth-order valence-corrected chi connectivity index (χ4v) is 7.05. The molecule has 0 amide bonds. The third-order valence-corrected chi connectivity index (χ3v) is 9.82. The third kappa shape index (κ3) is 9.27. The summed E-state index contributed by atoms with van der Waals surface area (Å²) in [4.78, 5) is 14.8. The minimum Gasteiger partial charge on any atom is -0.549 e. The maximum Gasteiger partial charge on any atom is 1.00 e. The number of carbonyl (C=O) groups is 1. The van der Waals surface area contributed by atoms with Gasteiger partial charge in [0.2, 0.25) is 20.0 Å². The van der Waals surface area contributed by atoms with Crippen molar-refractivity contribution in [1.29, 1.82) is 0 Å². The van der Waals surface area contributed by atoms with E-state index in [1.807, 2.05) is 0 Å². The van der Waals surface area contributed by atoms with Crippen molar-refractivity contribution >= 4 is 37.4 Å². The molecule has 0 bridgehead atoms. The Labute approximate surface area is 268 Å². The number of piperazine rings is 1. The summed E-state index contributed by atoms with van der Waals surface area (Å²) >= 11 is 0. The normalized spacial score (nSPS) is 18.3. The van der Waals surface area contributed by atoms with Crippen LogP contribution in [0, 0.1) is 0 Å². The standard InChI is InChI=1S/C26H37N5O8S2.Na/c1-40(36,37)28-23-16-19(2-7-24(23)32)25(33)17-27-20-8-10-30(11-9-20)21-3-5-22(6-4-21)41(38,39)31-14-12-29(13-15-31)18-26(34)35;/h2-7,16,20,25,27-28,32-33H,8-15,17-18H2,1H3,(H,34,35);/q;+1/p-1/t25-;/m0./s1. The van der Waals surface area contributed by atoms with Gasteiger partial charge in [-0.2, -0.15) is 4.31 Å². The topological polar surface area (TPSA) is 183 Å². The SMILES string of the molecule is CS(=O)(=O)Nc1cc([C@@H](O)CNC2CCN(c3ccc(S(=O)(=O)N4CCN(CC(=O)[O-])CC4)cc3)CC2)ccc1O.[Na+]. The van der Waals surface area contributed by atoms with Crippen molar-refractivity contribution in [3.8, 4) is 5.75 Å². The maximum atomic E-state index is 13.1. The Bertz CT molecular complexity index is 1430. The molecule has 2 saturated heterocycles. The summed E-state index contributed by atoms with van der Waals surface area (Å²) in [6.07, 6.45) is 1.69. The van der Waals surface area contributed by atoms with Gasteiger partial charge in [-0.05, 0) is 54.8 Å². The molecule has 2 aliphatic rings. The van der Waals surface area contributed by atoms with Crippen molar-refractivity contribution in [3.63, 3.8) is 0 Å². The van der Waals surface area contributed by atoms with Gasteiger partial charge in [0.05, 0.1) is 28.9 Å². The average molecular weight is 634 g/mol. The van der Waals surface area contributed by atoms with Gasteiger partial charge in [-0.3, -0.25) is 9.62 Å². The monoisotopic (exact) mass is 633 g/mol. The molecule has 0 aliphatic carbocycles. The Morgan fingerprint density at radius 1 is 1.00 bits per heavy atom. The number of anilines is 2. The molecule has 0 saturated carbocycles. The number of aromatic hydroxyl groups is 1. The summed E-state index contributed by atoms with van der Waals surface area (Å²) in [5.74, 6) is -1.41. The van der Waals surface area contributed by atoms with Crippen molar-refractivity contribution in [1.82, 2.24) is 14.5 Å². The summed E-state index contributed by atoms with van der Waals surface area (Å²) in [7, 11) is -7.26. The van der Waals surface area contributed by atoms with Crippen LogP contribution in [-0.2, 0) is 24.8 Å². The molecule has 2 fully saturated rings. The van der Waals surface area contributed by atoms with Gasteiger partial charge in [0.1, 0.15) is 5.75 Å². The maximum absolute atomic E-state index is 13.1. The van der Waals surface area contributed by atoms with Gasteiger partial charge in [-0.1, -0.05) is 6.07 Å². The summed E-state index contributed by atoms with van der Waals surface area (Å²) < 4.78 is 52.8. The summed E-state index contributed by atoms with van der Waals surface area (Å²) in [6.45, 7) is 2.63. The molecule has 0 unspecified atom stereocenters. The molecule has 1 atom stereocenters. The number of aliphatic carboxylic acids is 1. The van der Waals surface area contributed by atoms with Crippen LogP contribution < -0.4 is 49.6 Å². The molecule has 2 aliphatic heterocycles. The molecule has 2 aromatic carbocycles. The van der Waals surface area contributed by atoms with Crippen molar-refractivity contribution < 1.29 is 66.5 Å². The van der Waals surface area contributed by atoms with Crippen LogP contribution >= 0.6 is 0 Å². The molecule has 16 heteroatoms. The molecule has 0 aromatic heterocycles. The van der Waals surface area contributed by atoms with Crippen molar-refractivity contribution in [3.05, 3.63) is 48.0 Å². The Hall–Kier alpha value is -1.95. The van der Waals surface area contributed by atoms with E-state index in [0.717, 1.165) is 37.9 Å². The molecular weight excluding hydrogens is 597 g/mol. The number of piperidine rings is 1. The molecule has 2 aromatic rings. The van der Waals surface area contributed by atoms with Crippen LogP contribution in [0.5, 0.6) is 5.75 Å². The second kappa shape index (κ2) is 14.7. The predicted molar refractivity (Wildman–Crippen MR) is 151 cm³/mol. The fourth-order valence-electron chi connectivity index (χ4n) is 5.07. The average Bonchev–Trinajstić information content (AvgIpc) is 2.92. The van der Waals surface area contributed by atoms with Gasteiger partial charge in [-0.15, -0.1) is 0 Å². The van der Waals surface area contributed by atoms with Crippen LogP contribution in [0.1, 0.15) is 24.5 Å². The first-order valence-electron chi connectivity index (χ1n) is 13.3. The first kappa shape index (κ1) is 34.5. The number of nitrogens with one attached hydrogen (secondary N) is 2. The molecule has 2 heterocycles. The quantitative estimate of drug-likeness (QED) is 0.140. The van der Waals surface area contributed by atoms with Gasteiger partial charge in [0.15, 0.2) is 0 Å². The number of benzene rings is 2. The van der Waals surface area contributed by atoms with E-state index >= 15 is 0 Å². The van der Waals surface area contributed by atoms with Crippen molar-refractivity contribution in [2.75, 3.05) is 68.2 Å². The smallest absolute Gasteiger partial charge is 0.549 e. The number of nitrogens with zero attached hydrogens (tertiary/aromatic N) is 3. The van der Waals surface area contributed by atoms with Crippen LogP contribution in [0.4, 0.5) is 11.4 Å². The number of carboxylic acid groups (broad SMARTS) is 1. The van der Waals surface area contributed by atoms with E-state index in [1.165, 1.54) is 16.4 Å². The predicted octanol–water partition coefficient (Wildman–Crippen LogP) is -3.88. The van der Waals surface area contributed by atoms with Crippen LogP contribution in [0.25, 0.3) is 0 Å². The molecule has 42 heavy (non-hydrogen) atoms. The number of phenolic OH excluding ortho intramolecular Hbond substituents is 1. The van der Waals surface area contributed by atoms with Crippen LogP contribution in [0.3, 0.4) is 0 Å². The molecule has 0 spiro atoms. The largest absolute Gasteiger partial charge is 1.00 e. The molecule has 13 nitrogen and oxygen atoms in total. The van der Waals surface area contributed by atoms with Crippen LogP contribution in [-0.4, -0.2) is 107 Å². The Morgan fingerprint density at radius 3 is 2.19 bits per heavy atom. The Morgan fingerprint density at radius 2 is 1.62 bits per heavy atom. The van der Waals surface area contributed by atoms with E-state index in [9.17, 15) is 36.9 Å². The fraction of sp³-hybridized carbons (Fsp3) is 0.500. The van der Waals surface area contributed by atoms with E-state index in [2.05, 4.69) is 14.9 Å². The van der Waals surface area contributed by atoms with Gasteiger partial charge >= 0.3 is 29.6 Å². The minimum absolute atomic E-state index is 0. The van der Waals surface area contributed by atoms with Gasteiger partial charge in [0.25, 0.3) is 0 Å². The van der Waals surface area contributed by atoms with Gasteiger partial charge in [-0.25, -0.2) is 16.8 Å². The molecule has 0 radical (unpaired) electrons. The summed E-state index contributed by atoms with van der Waals surface area (Å²) in [5.41, 5.74) is 1.39. The second-order valence-electron chi connectivity index (χ2n) is 10.4. The molecular formula is C26H36N5NaO8S2. The molecule has 226 valence electrons. The van der Waals surface area contributed by atoms with Crippen molar-refractivity contribution in [2.24, 2.45) is 0 Å². The second-order valence-corrected chi connectivity index (χ2v) is 14.1. The molecule has 4 N–H and O–H groups in total. The van der Waals surface area contributed by atoms with E-state index in [1.54, 1.807) is 35.2 Å². The van der Waals surface area contributed by atoms with Crippen LogP contribution in [0.15, 0.2) is 47.4 Å². The number of rotatable bonds is 11. The number of phenols is 1. The number of carboxylic acids is 1.